The second kappa shape index (κ2) is 5.61. The zero-order valence-electron chi connectivity index (χ0n) is 6.25. The summed E-state index contributed by atoms with van der Waals surface area (Å²) in [5, 5.41) is 20.7. The van der Waals surface area contributed by atoms with Crippen LogP contribution in [-0.4, -0.2) is 42.1 Å². The van der Waals surface area contributed by atoms with Crippen LogP contribution in [0.15, 0.2) is 0 Å². The Labute approximate surface area is 61.0 Å². The van der Waals surface area contributed by atoms with Gasteiger partial charge in [-0.3, -0.25) is 0 Å². The number of nitrogens with one attached hydrogen (secondary N) is 1. The van der Waals surface area contributed by atoms with E-state index in [-0.39, 0.29) is 0 Å². The average molecular weight is 148 g/mol. The van der Waals surface area contributed by atoms with E-state index in [2.05, 4.69) is 5.32 Å². The Morgan fingerprint density at radius 1 is 1.50 bits per heavy atom. The third kappa shape index (κ3) is 4.69. The largest absolute Gasteiger partial charge is 0.391 e. The van der Waals surface area contributed by atoms with Gasteiger partial charge in [0.2, 0.25) is 0 Å². The van der Waals surface area contributed by atoms with Gasteiger partial charge in [0.15, 0.2) is 0 Å². The van der Waals surface area contributed by atoms with E-state index < -0.39 is 12.2 Å². The molecule has 0 aromatic rings. The third-order valence-corrected chi connectivity index (χ3v) is 1.23. The maximum Gasteiger partial charge on any atom is 0.0920 e. The van der Waals surface area contributed by atoms with Crippen molar-refractivity contribution >= 4 is 0 Å². The molecule has 0 spiro atoms. The van der Waals surface area contributed by atoms with Gasteiger partial charge in [-0.15, -0.1) is 0 Å². The number of nitrogens with two attached hydrogens (primary N) is 1. The molecular weight excluding hydrogens is 132 g/mol. The molecule has 0 saturated heterocycles. The normalized spacial score (nSPS) is 16.8. The van der Waals surface area contributed by atoms with Gasteiger partial charge in [-0.05, 0) is 6.92 Å². The van der Waals surface area contributed by atoms with E-state index in [0.717, 1.165) is 0 Å². The zero-order valence-corrected chi connectivity index (χ0v) is 6.25. The lowest BCUT2D eigenvalue weighted by atomic mass is 10.2. The molecular formula is C6H16N2O2. The van der Waals surface area contributed by atoms with E-state index in [1.807, 2.05) is 0 Å². The highest BCUT2D eigenvalue weighted by Crippen LogP contribution is 1.87. The monoisotopic (exact) mass is 148 g/mol. The third-order valence-electron chi connectivity index (χ3n) is 1.23. The van der Waals surface area contributed by atoms with Crippen molar-refractivity contribution in [3.63, 3.8) is 0 Å². The number of aliphatic hydroxyl groups is 2. The van der Waals surface area contributed by atoms with Crippen LogP contribution in [-0.2, 0) is 0 Å². The molecule has 2 unspecified atom stereocenters. The van der Waals surface area contributed by atoms with Gasteiger partial charge in [-0.2, -0.15) is 0 Å². The molecule has 10 heavy (non-hydrogen) atoms. The molecule has 0 fully saturated rings. The molecule has 2 atom stereocenters. The van der Waals surface area contributed by atoms with Crippen molar-refractivity contribution in [3.8, 4) is 0 Å². The molecule has 0 aliphatic carbocycles. The maximum atomic E-state index is 9.00. The van der Waals surface area contributed by atoms with Gasteiger partial charge in [-0.1, -0.05) is 0 Å². The second-order valence-corrected chi connectivity index (χ2v) is 2.30. The van der Waals surface area contributed by atoms with E-state index in [0.29, 0.717) is 19.6 Å². The Hall–Kier alpha value is -0.160. The molecule has 0 saturated carbocycles. The Kier molecular flexibility index (Phi) is 5.52. The van der Waals surface area contributed by atoms with Crippen LogP contribution in [0.5, 0.6) is 0 Å². The standard InChI is InChI=1S/C6H16N2O2/c1-5(9)6(10)4-8-3-2-7/h5-6,8-10H,2-4,7H2,1H3. The Morgan fingerprint density at radius 3 is 2.50 bits per heavy atom. The number of hydrogen-bond donors (Lipinski definition) is 4. The molecule has 4 heteroatoms. The average Bonchev–Trinajstić information content (AvgIpc) is 1.88. The SMILES string of the molecule is CC(O)C(O)CNCCN. The first kappa shape index (κ1) is 9.84. The fourth-order valence-corrected chi connectivity index (χ4v) is 0.523. The zero-order chi connectivity index (χ0) is 7.98. The number of hydrogen-bond acceptors (Lipinski definition) is 4. The summed E-state index contributed by atoms with van der Waals surface area (Å²) in [5.74, 6) is 0. The molecule has 5 N–H and O–H groups in total. The first-order valence-corrected chi connectivity index (χ1v) is 3.45. The van der Waals surface area contributed by atoms with Crippen molar-refractivity contribution < 1.29 is 10.2 Å². The number of aliphatic hydroxyl groups excluding tert-OH is 2. The van der Waals surface area contributed by atoms with Gasteiger partial charge in [0.25, 0.3) is 0 Å². The summed E-state index contributed by atoms with van der Waals surface area (Å²) in [7, 11) is 0. The van der Waals surface area contributed by atoms with Crippen molar-refractivity contribution in [2.45, 2.75) is 19.1 Å². The molecule has 0 radical (unpaired) electrons. The van der Waals surface area contributed by atoms with Crippen LogP contribution in [0, 0.1) is 0 Å². The summed E-state index contributed by atoms with van der Waals surface area (Å²) in [6.45, 7) is 3.17. The van der Waals surface area contributed by atoms with Gasteiger partial charge in [0.05, 0.1) is 12.2 Å². The van der Waals surface area contributed by atoms with Gasteiger partial charge >= 0.3 is 0 Å². The highest BCUT2D eigenvalue weighted by molar-refractivity contribution is 4.64. The minimum atomic E-state index is -0.688. The summed E-state index contributed by atoms with van der Waals surface area (Å²) < 4.78 is 0. The summed E-state index contributed by atoms with van der Waals surface area (Å²) in [5.41, 5.74) is 5.18. The van der Waals surface area contributed by atoms with Crippen LogP contribution in [0.25, 0.3) is 0 Å². The topological polar surface area (TPSA) is 78.5 Å². The van der Waals surface area contributed by atoms with Gasteiger partial charge in [0.1, 0.15) is 0 Å². The summed E-state index contributed by atoms with van der Waals surface area (Å²) >= 11 is 0. The van der Waals surface area contributed by atoms with E-state index in [9.17, 15) is 0 Å². The minimum absolute atomic E-state index is 0.398. The Balaban J connectivity index is 3.13. The van der Waals surface area contributed by atoms with E-state index in [1.165, 1.54) is 0 Å². The minimum Gasteiger partial charge on any atom is -0.391 e. The lowest BCUT2D eigenvalue weighted by Gasteiger charge is -2.13. The van der Waals surface area contributed by atoms with E-state index in [4.69, 9.17) is 15.9 Å². The van der Waals surface area contributed by atoms with Crippen molar-refractivity contribution in [1.29, 1.82) is 0 Å². The molecule has 0 bridgehead atoms. The van der Waals surface area contributed by atoms with Gasteiger partial charge < -0.3 is 21.3 Å². The van der Waals surface area contributed by atoms with Gasteiger partial charge in [-0.25, -0.2) is 0 Å². The van der Waals surface area contributed by atoms with Crippen molar-refractivity contribution in [2.75, 3.05) is 19.6 Å². The molecule has 0 aromatic heterocycles. The number of rotatable bonds is 5. The molecule has 0 amide bonds. The fourth-order valence-electron chi connectivity index (χ4n) is 0.523. The smallest absolute Gasteiger partial charge is 0.0920 e. The highest BCUT2D eigenvalue weighted by atomic mass is 16.3. The summed E-state index contributed by atoms with van der Waals surface area (Å²) in [6, 6.07) is 0. The van der Waals surface area contributed by atoms with Crippen LogP contribution < -0.4 is 11.1 Å². The first-order chi connectivity index (χ1) is 4.68. The highest BCUT2D eigenvalue weighted by Gasteiger charge is 2.08. The molecule has 62 valence electrons. The molecule has 0 rings (SSSR count). The molecule has 0 aliphatic rings. The lowest BCUT2D eigenvalue weighted by Crippen LogP contribution is -2.36. The molecule has 0 heterocycles. The quantitative estimate of drug-likeness (QED) is 0.350. The lowest BCUT2D eigenvalue weighted by molar-refractivity contribution is 0.0322. The second-order valence-electron chi connectivity index (χ2n) is 2.30. The summed E-state index contributed by atoms with van der Waals surface area (Å²) in [6.07, 6.45) is -1.36. The van der Waals surface area contributed by atoms with Crippen LogP contribution in [0.1, 0.15) is 6.92 Å². The van der Waals surface area contributed by atoms with Crippen LogP contribution in [0.3, 0.4) is 0 Å². The van der Waals surface area contributed by atoms with Crippen LogP contribution >= 0.6 is 0 Å². The Morgan fingerprint density at radius 2 is 2.10 bits per heavy atom. The van der Waals surface area contributed by atoms with Crippen molar-refractivity contribution in [2.24, 2.45) is 5.73 Å². The van der Waals surface area contributed by atoms with E-state index in [1.54, 1.807) is 6.92 Å². The predicted molar refractivity (Wildman–Crippen MR) is 39.6 cm³/mol. The first-order valence-electron chi connectivity index (χ1n) is 3.45. The molecule has 4 nitrogen and oxygen atoms in total. The van der Waals surface area contributed by atoms with Crippen molar-refractivity contribution in [1.82, 2.24) is 5.32 Å². The molecule has 0 aromatic carbocycles. The van der Waals surface area contributed by atoms with E-state index >= 15 is 0 Å². The maximum absolute atomic E-state index is 9.00. The van der Waals surface area contributed by atoms with Crippen LogP contribution in [0.4, 0.5) is 0 Å². The Bertz CT molecular complexity index is 78.1. The molecule has 0 aliphatic heterocycles. The van der Waals surface area contributed by atoms with Crippen LogP contribution in [0.2, 0.25) is 0 Å². The fraction of sp³-hybridized carbons (Fsp3) is 1.00. The predicted octanol–water partition coefficient (Wildman–Crippen LogP) is -1.72. The summed E-state index contributed by atoms with van der Waals surface area (Å²) in [4.78, 5) is 0. The van der Waals surface area contributed by atoms with Crippen molar-refractivity contribution in [3.05, 3.63) is 0 Å². The van der Waals surface area contributed by atoms with Gasteiger partial charge in [0, 0.05) is 19.6 Å².